The second-order valence-corrected chi connectivity index (χ2v) is 8.11. The van der Waals surface area contributed by atoms with Crippen molar-refractivity contribution >= 4 is 0 Å². The highest BCUT2D eigenvalue weighted by atomic mass is 16.5. The Morgan fingerprint density at radius 2 is 1.79 bits per heavy atom. The van der Waals surface area contributed by atoms with Gasteiger partial charge >= 0.3 is 0 Å². The molecule has 0 saturated heterocycles. The zero-order chi connectivity index (χ0) is 23.7. The molecule has 2 N–H and O–H groups in total. The minimum Gasteiger partial charge on any atom is -0.508 e. The second-order valence-electron chi connectivity index (χ2n) is 8.11. The third-order valence-electron chi connectivity index (χ3n) is 6.11. The number of benzene rings is 3. The Labute approximate surface area is 197 Å². The summed E-state index contributed by atoms with van der Waals surface area (Å²) in [6.45, 7) is 0.568. The van der Waals surface area contributed by atoms with Gasteiger partial charge in [-0.2, -0.15) is 0 Å². The molecule has 0 radical (unpaired) electrons. The molecule has 1 aliphatic rings. The van der Waals surface area contributed by atoms with Crippen LogP contribution >= 0.6 is 0 Å². The van der Waals surface area contributed by atoms with Crippen LogP contribution in [0.2, 0.25) is 0 Å². The van der Waals surface area contributed by atoms with Crippen molar-refractivity contribution in [3.8, 4) is 28.9 Å². The first-order valence-electron chi connectivity index (χ1n) is 11.0. The van der Waals surface area contributed by atoms with Gasteiger partial charge in [0.05, 0.1) is 19.8 Å². The summed E-state index contributed by atoms with van der Waals surface area (Å²) in [4.78, 5) is 4.55. The summed E-state index contributed by atoms with van der Waals surface area (Å²) in [6.07, 6.45) is 2.33. The number of nitrogens with one attached hydrogen (secondary N) is 1. The molecule has 34 heavy (non-hydrogen) atoms. The van der Waals surface area contributed by atoms with E-state index in [2.05, 4.69) is 4.98 Å². The fraction of sp³-hybridized carbons (Fsp3) is 0.185. The lowest BCUT2D eigenvalue weighted by Crippen LogP contribution is -2.30. The molecule has 0 fully saturated rings. The van der Waals surface area contributed by atoms with E-state index >= 15 is 0 Å². The SMILES string of the molecule is COc1ccc(CCn2cnc3c(c2=N)[C@@H](c2ccccc2)c2ccc(O)cc2O3)cc1OC. The third kappa shape index (κ3) is 3.85. The molecule has 4 aromatic rings. The van der Waals surface area contributed by atoms with Gasteiger partial charge in [-0.05, 0) is 35.7 Å². The van der Waals surface area contributed by atoms with Gasteiger partial charge in [-0.1, -0.05) is 42.5 Å². The highest BCUT2D eigenvalue weighted by molar-refractivity contribution is 5.57. The Hall–Kier alpha value is -4.26. The molecule has 7 nitrogen and oxygen atoms in total. The van der Waals surface area contributed by atoms with Crippen LogP contribution in [0.1, 0.15) is 28.2 Å². The molecular formula is C27H25N3O4. The van der Waals surface area contributed by atoms with Crippen LogP contribution < -0.4 is 19.7 Å². The number of aromatic hydroxyl groups is 1. The van der Waals surface area contributed by atoms with Crippen molar-refractivity contribution in [2.45, 2.75) is 18.9 Å². The molecule has 7 heteroatoms. The van der Waals surface area contributed by atoms with E-state index in [1.54, 1.807) is 32.7 Å². The van der Waals surface area contributed by atoms with Crippen molar-refractivity contribution < 1.29 is 19.3 Å². The average molecular weight is 456 g/mol. The number of hydrogen-bond donors (Lipinski definition) is 2. The van der Waals surface area contributed by atoms with E-state index in [1.807, 2.05) is 59.2 Å². The quantitative estimate of drug-likeness (QED) is 0.390. The van der Waals surface area contributed by atoms with Gasteiger partial charge in [0.1, 0.15) is 23.3 Å². The number of phenols is 1. The van der Waals surface area contributed by atoms with Gasteiger partial charge in [0, 0.05) is 24.1 Å². The van der Waals surface area contributed by atoms with Gasteiger partial charge < -0.3 is 23.9 Å². The number of aryl methyl sites for hydroxylation is 2. The first-order valence-corrected chi connectivity index (χ1v) is 11.0. The Bertz CT molecular complexity index is 1400. The Morgan fingerprint density at radius 3 is 2.56 bits per heavy atom. The second kappa shape index (κ2) is 8.94. The minimum atomic E-state index is -0.228. The maximum Gasteiger partial charge on any atom is 0.228 e. The van der Waals surface area contributed by atoms with E-state index in [0.717, 1.165) is 16.7 Å². The molecule has 0 bridgehead atoms. The largest absolute Gasteiger partial charge is 0.508 e. The van der Waals surface area contributed by atoms with Crippen LogP contribution in [-0.2, 0) is 13.0 Å². The smallest absolute Gasteiger partial charge is 0.228 e. The molecule has 0 aliphatic carbocycles. The third-order valence-corrected chi connectivity index (χ3v) is 6.11. The average Bonchev–Trinajstić information content (AvgIpc) is 2.87. The summed E-state index contributed by atoms with van der Waals surface area (Å²) in [5.74, 6) is 2.20. The molecule has 1 aliphatic heterocycles. The van der Waals surface area contributed by atoms with Crippen LogP contribution in [0.5, 0.6) is 28.9 Å². The molecular weight excluding hydrogens is 430 g/mol. The predicted molar refractivity (Wildman–Crippen MR) is 127 cm³/mol. The van der Waals surface area contributed by atoms with Crippen molar-refractivity contribution in [2.75, 3.05) is 14.2 Å². The summed E-state index contributed by atoms with van der Waals surface area (Å²) in [5, 5.41) is 19.0. The topological polar surface area (TPSA) is 89.6 Å². The lowest BCUT2D eigenvalue weighted by molar-refractivity contribution is 0.354. The molecule has 1 atom stereocenters. The first-order chi connectivity index (χ1) is 16.6. The van der Waals surface area contributed by atoms with Crippen molar-refractivity contribution in [3.63, 3.8) is 0 Å². The van der Waals surface area contributed by atoms with Gasteiger partial charge in [0.2, 0.25) is 5.88 Å². The monoisotopic (exact) mass is 455 g/mol. The number of nitrogens with zero attached hydrogens (tertiary/aromatic N) is 2. The van der Waals surface area contributed by atoms with E-state index in [4.69, 9.17) is 19.6 Å². The Kier molecular flexibility index (Phi) is 5.67. The van der Waals surface area contributed by atoms with Crippen LogP contribution in [0.25, 0.3) is 0 Å². The molecule has 5 rings (SSSR count). The van der Waals surface area contributed by atoms with Crippen molar-refractivity contribution in [3.05, 3.63) is 101 Å². The summed E-state index contributed by atoms with van der Waals surface area (Å²) in [7, 11) is 3.23. The van der Waals surface area contributed by atoms with Gasteiger partial charge in [-0.15, -0.1) is 0 Å². The number of hydrogen-bond acceptors (Lipinski definition) is 6. The van der Waals surface area contributed by atoms with E-state index in [1.165, 1.54) is 0 Å². The molecule has 0 amide bonds. The molecule has 1 aromatic heterocycles. The van der Waals surface area contributed by atoms with Crippen LogP contribution in [0.3, 0.4) is 0 Å². The number of fused-ring (bicyclic) bond motifs is 2. The zero-order valence-corrected chi connectivity index (χ0v) is 19.0. The number of rotatable bonds is 6. The fourth-order valence-corrected chi connectivity index (χ4v) is 4.40. The fourth-order valence-electron chi connectivity index (χ4n) is 4.40. The van der Waals surface area contributed by atoms with E-state index < -0.39 is 0 Å². The molecule has 0 saturated carbocycles. The van der Waals surface area contributed by atoms with E-state index in [9.17, 15) is 5.11 Å². The zero-order valence-electron chi connectivity index (χ0n) is 19.0. The van der Waals surface area contributed by atoms with Crippen molar-refractivity contribution in [1.82, 2.24) is 9.55 Å². The summed E-state index contributed by atoms with van der Waals surface area (Å²) >= 11 is 0. The highest BCUT2D eigenvalue weighted by Crippen LogP contribution is 2.45. The normalized spacial score (nSPS) is 14.0. The Balaban J connectivity index is 1.53. The van der Waals surface area contributed by atoms with Crippen molar-refractivity contribution in [2.24, 2.45) is 0 Å². The van der Waals surface area contributed by atoms with Crippen LogP contribution in [0, 0.1) is 5.41 Å². The first kappa shape index (κ1) is 21.6. The lowest BCUT2D eigenvalue weighted by Gasteiger charge is -2.28. The van der Waals surface area contributed by atoms with Crippen LogP contribution in [0.15, 0.2) is 73.1 Å². The minimum absolute atomic E-state index is 0.126. The van der Waals surface area contributed by atoms with E-state index in [-0.39, 0.29) is 11.7 Å². The highest BCUT2D eigenvalue weighted by Gasteiger charge is 2.32. The standard InChI is InChI=1S/C27H25N3O4/c1-32-21-11-8-17(14-23(21)33-2)12-13-30-16-29-27-25(26(30)28)24(18-6-4-3-5-7-18)20-10-9-19(31)15-22(20)34-27/h3-11,14-16,24,28,31H,12-13H2,1-2H3/t24-/m0/s1. The number of methoxy groups -OCH3 is 2. The maximum absolute atomic E-state index is 9.98. The maximum atomic E-state index is 9.98. The number of ether oxygens (including phenoxy) is 3. The summed E-state index contributed by atoms with van der Waals surface area (Å²) < 4.78 is 18.6. The van der Waals surface area contributed by atoms with Crippen molar-refractivity contribution in [1.29, 1.82) is 5.41 Å². The number of aromatic nitrogens is 2. The summed E-state index contributed by atoms with van der Waals surface area (Å²) in [5.41, 5.74) is 4.05. The van der Waals surface area contributed by atoms with Gasteiger partial charge in [0.15, 0.2) is 11.5 Å². The summed E-state index contributed by atoms with van der Waals surface area (Å²) in [6, 6.07) is 20.9. The predicted octanol–water partition coefficient (Wildman–Crippen LogP) is 4.61. The van der Waals surface area contributed by atoms with Gasteiger partial charge in [0.25, 0.3) is 0 Å². The van der Waals surface area contributed by atoms with E-state index in [0.29, 0.717) is 47.1 Å². The molecule has 0 unspecified atom stereocenters. The molecule has 3 aromatic carbocycles. The number of phenolic OH excluding ortho intramolecular Hbond substituents is 1. The molecule has 0 spiro atoms. The lowest BCUT2D eigenvalue weighted by atomic mass is 9.84. The molecule has 172 valence electrons. The van der Waals surface area contributed by atoms with Gasteiger partial charge in [-0.25, -0.2) is 4.98 Å². The molecule has 2 heterocycles. The van der Waals surface area contributed by atoms with Gasteiger partial charge in [-0.3, -0.25) is 5.41 Å². The van der Waals surface area contributed by atoms with Crippen LogP contribution in [-0.4, -0.2) is 28.9 Å². The Morgan fingerprint density at radius 1 is 1.00 bits per heavy atom. The van der Waals surface area contributed by atoms with Crippen LogP contribution in [0.4, 0.5) is 0 Å².